The van der Waals surface area contributed by atoms with Crippen LogP contribution < -0.4 is 5.32 Å². The lowest BCUT2D eigenvalue weighted by Gasteiger charge is -2.01. The van der Waals surface area contributed by atoms with Gasteiger partial charge in [-0.2, -0.15) is 0 Å². The standard InChI is InChI=1S/C14H17N3OS/c1-19-12-5-3-2-4-11(12)14-17-16-13(18-14)8-9-15-10-6-7-10/h2-5,10,15H,6-9H2,1H3. The molecule has 1 aliphatic rings. The normalized spacial score (nSPS) is 14.8. The quantitative estimate of drug-likeness (QED) is 0.822. The second kappa shape index (κ2) is 5.75. The third-order valence-electron chi connectivity index (χ3n) is 3.15. The molecule has 0 amide bonds. The highest BCUT2D eigenvalue weighted by Gasteiger charge is 2.20. The summed E-state index contributed by atoms with van der Waals surface area (Å²) in [7, 11) is 0. The van der Waals surface area contributed by atoms with Crippen LogP contribution in [0.5, 0.6) is 0 Å². The van der Waals surface area contributed by atoms with Gasteiger partial charge in [0.25, 0.3) is 0 Å². The molecule has 1 fully saturated rings. The minimum Gasteiger partial charge on any atom is -0.421 e. The maximum absolute atomic E-state index is 5.74. The number of hydrogen-bond donors (Lipinski definition) is 1. The van der Waals surface area contributed by atoms with Gasteiger partial charge in [-0.15, -0.1) is 22.0 Å². The van der Waals surface area contributed by atoms with Gasteiger partial charge in [-0.1, -0.05) is 12.1 Å². The Morgan fingerprint density at radius 3 is 2.95 bits per heavy atom. The number of thioether (sulfide) groups is 1. The predicted molar refractivity (Wildman–Crippen MR) is 76.2 cm³/mol. The zero-order chi connectivity index (χ0) is 13.1. The molecule has 1 heterocycles. The van der Waals surface area contributed by atoms with Gasteiger partial charge in [0.2, 0.25) is 11.8 Å². The second-order valence-electron chi connectivity index (χ2n) is 4.68. The average molecular weight is 275 g/mol. The molecule has 0 radical (unpaired) electrons. The van der Waals surface area contributed by atoms with Crippen LogP contribution in [0.4, 0.5) is 0 Å². The molecule has 4 nitrogen and oxygen atoms in total. The summed E-state index contributed by atoms with van der Waals surface area (Å²) in [6.45, 7) is 0.913. The first kappa shape index (κ1) is 12.7. The van der Waals surface area contributed by atoms with E-state index in [0.717, 1.165) is 29.5 Å². The Morgan fingerprint density at radius 2 is 2.16 bits per heavy atom. The molecule has 1 aliphatic carbocycles. The van der Waals surface area contributed by atoms with Crippen molar-refractivity contribution in [2.45, 2.75) is 30.2 Å². The first-order valence-corrected chi connectivity index (χ1v) is 7.78. The molecule has 19 heavy (non-hydrogen) atoms. The number of hydrogen-bond acceptors (Lipinski definition) is 5. The lowest BCUT2D eigenvalue weighted by atomic mass is 10.2. The van der Waals surface area contributed by atoms with Crippen molar-refractivity contribution in [2.75, 3.05) is 12.8 Å². The van der Waals surface area contributed by atoms with Crippen molar-refractivity contribution in [1.29, 1.82) is 0 Å². The van der Waals surface area contributed by atoms with Gasteiger partial charge in [0.1, 0.15) is 0 Å². The Kier molecular flexibility index (Phi) is 3.84. The van der Waals surface area contributed by atoms with Crippen LogP contribution in [0.1, 0.15) is 18.7 Å². The summed E-state index contributed by atoms with van der Waals surface area (Å²) in [6, 6.07) is 8.82. The highest BCUT2D eigenvalue weighted by molar-refractivity contribution is 7.98. The van der Waals surface area contributed by atoms with E-state index >= 15 is 0 Å². The van der Waals surface area contributed by atoms with Gasteiger partial charge in [-0.25, -0.2) is 0 Å². The Bertz CT molecular complexity index is 551. The third-order valence-corrected chi connectivity index (χ3v) is 3.95. The Morgan fingerprint density at radius 1 is 1.32 bits per heavy atom. The first-order chi connectivity index (χ1) is 9.36. The summed E-state index contributed by atoms with van der Waals surface area (Å²) in [6.07, 6.45) is 5.45. The molecule has 3 rings (SSSR count). The van der Waals surface area contributed by atoms with E-state index in [1.54, 1.807) is 11.8 Å². The number of nitrogens with zero attached hydrogens (tertiary/aromatic N) is 2. The lowest BCUT2D eigenvalue weighted by molar-refractivity contribution is 0.493. The van der Waals surface area contributed by atoms with E-state index in [0.29, 0.717) is 11.8 Å². The van der Waals surface area contributed by atoms with Crippen molar-refractivity contribution in [2.24, 2.45) is 0 Å². The van der Waals surface area contributed by atoms with Crippen LogP contribution in [-0.4, -0.2) is 29.0 Å². The van der Waals surface area contributed by atoms with E-state index < -0.39 is 0 Å². The Balaban J connectivity index is 1.68. The van der Waals surface area contributed by atoms with E-state index in [-0.39, 0.29) is 0 Å². The molecule has 0 unspecified atom stereocenters. The maximum atomic E-state index is 5.74. The van der Waals surface area contributed by atoms with Gasteiger partial charge < -0.3 is 9.73 Å². The van der Waals surface area contributed by atoms with Crippen LogP contribution in [0.3, 0.4) is 0 Å². The summed E-state index contributed by atoms with van der Waals surface area (Å²) in [5.41, 5.74) is 1.02. The molecule has 0 aliphatic heterocycles. The highest BCUT2D eigenvalue weighted by Crippen LogP contribution is 2.28. The second-order valence-corrected chi connectivity index (χ2v) is 5.53. The Hall–Kier alpha value is -1.33. The molecule has 0 bridgehead atoms. The van der Waals surface area contributed by atoms with E-state index in [2.05, 4.69) is 27.8 Å². The SMILES string of the molecule is CSc1ccccc1-c1nnc(CCNC2CC2)o1. The number of benzene rings is 1. The average Bonchev–Trinajstić information content (AvgIpc) is 3.15. The molecular formula is C14H17N3OS. The zero-order valence-corrected chi connectivity index (χ0v) is 11.7. The summed E-state index contributed by atoms with van der Waals surface area (Å²) >= 11 is 1.69. The van der Waals surface area contributed by atoms with Crippen molar-refractivity contribution in [3.8, 4) is 11.5 Å². The van der Waals surface area contributed by atoms with Gasteiger partial charge in [0.05, 0.1) is 5.56 Å². The molecule has 1 aromatic carbocycles. The van der Waals surface area contributed by atoms with E-state index in [1.165, 1.54) is 12.8 Å². The minimum atomic E-state index is 0.617. The molecule has 1 aromatic heterocycles. The number of nitrogens with one attached hydrogen (secondary N) is 1. The van der Waals surface area contributed by atoms with Gasteiger partial charge in [-0.05, 0) is 31.2 Å². The first-order valence-electron chi connectivity index (χ1n) is 6.56. The summed E-state index contributed by atoms with van der Waals surface area (Å²) in [5.74, 6) is 1.32. The lowest BCUT2D eigenvalue weighted by Crippen LogP contribution is -2.19. The summed E-state index contributed by atoms with van der Waals surface area (Å²) < 4.78 is 5.74. The Labute approximate surface area is 117 Å². The molecule has 5 heteroatoms. The topological polar surface area (TPSA) is 51.0 Å². The smallest absolute Gasteiger partial charge is 0.248 e. The van der Waals surface area contributed by atoms with E-state index in [4.69, 9.17) is 4.42 Å². The fraction of sp³-hybridized carbons (Fsp3) is 0.429. The van der Waals surface area contributed by atoms with Gasteiger partial charge in [-0.3, -0.25) is 0 Å². The monoisotopic (exact) mass is 275 g/mol. The van der Waals surface area contributed by atoms with Crippen molar-refractivity contribution in [3.05, 3.63) is 30.2 Å². The zero-order valence-electron chi connectivity index (χ0n) is 10.9. The fourth-order valence-electron chi connectivity index (χ4n) is 1.96. The molecule has 0 spiro atoms. The summed E-state index contributed by atoms with van der Waals surface area (Å²) in [4.78, 5) is 1.16. The third kappa shape index (κ3) is 3.16. The van der Waals surface area contributed by atoms with Crippen molar-refractivity contribution in [1.82, 2.24) is 15.5 Å². The molecule has 0 saturated heterocycles. The summed E-state index contributed by atoms with van der Waals surface area (Å²) in [5, 5.41) is 11.7. The van der Waals surface area contributed by atoms with Crippen LogP contribution >= 0.6 is 11.8 Å². The largest absolute Gasteiger partial charge is 0.421 e. The van der Waals surface area contributed by atoms with E-state index in [1.807, 2.05) is 18.2 Å². The van der Waals surface area contributed by atoms with Gasteiger partial charge >= 0.3 is 0 Å². The number of rotatable bonds is 6. The molecule has 0 atom stereocenters. The van der Waals surface area contributed by atoms with Crippen LogP contribution in [0, 0.1) is 0 Å². The van der Waals surface area contributed by atoms with Crippen molar-refractivity contribution < 1.29 is 4.42 Å². The predicted octanol–water partition coefficient (Wildman–Crippen LogP) is 2.75. The van der Waals surface area contributed by atoms with Crippen LogP contribution in [-0.2, 0) is 6.42 Å². The molecule has 100 valence electrons. The fourth-order valence-corrected chi connectivity index (χ4v) is 2.55. The molecule has 1 saturated carbocycles. The van der Waals surface area contributed by atoms with Crippen molar-refractivity contribution in [3.63, 3.8) is 0 Å². The highest BCUT2D eigenvalue weighted by atomic mass is 32.2. The van der Waals surface area contributed by atoms with Gasteiger partial charge in [0, 0.05) is 23.9 Å². The molecule has 1 N–H and O–H groups in total. The number of aromatic nitrogens is 2. The van der Waals surface area contributed by atoms with Gasteiger partial charge in [0.15, 0.2) is 0 Å². The van der Waals surface area contributed by atoms with E-state index in [9.17, 15) is 0 Å². The molecule has 2 aromatic rings. The minimum absolute atomic E-state index is 0.617. The van der Waals surface area contributed by atoms with Crippen LogP contribution in [0.2, 0.25) is 0 Å². The molecular weight excluding hydrogens is 258 g/mol. The van der Waals surface area contributed by atoms with Crippen molar-refractivity contribution >= 4 is 11.8 Å². The maximum Gasteiger partial charge on any atom is 0.248 e. The van der Waals surface area contributed by atoms with Crippen LogP contribution in [0.15, 0.2) is 33.6 Å². The van der Waals surface area contributed by atoms with Crippen LogP contribution in [0.25, 0.3) is 11.5 Å².